The molecule has 4 nitrogen and oxygen atoms in total. The first kappa shape index (κ1) is 15.5. The van der Waals surface area contributed by atoms with Crippen LogP contribution in [0.5, 0.6) is 5.75 Å². The van der Waals surface area contributed by atoms with Gasteiger partial charge in [0.1, 0.15) is 5.75 Å². The van der Waals surface area contributed by atoms with Crippen LogP contribution in [0, 0.1) is 0 Å². The largest absolute Gasteiger partial charge is 0.496 e. The van der Waals surface area contributed by atoms with E-state index in [1.165, 1.54) is 11.1 Å². The Morgan fingerprint density at radius 3 is 2.74 bits per heavy atom. The lowest BCUT2D eigenvalue weighted by Crippen LogP contribution is -2.26. The maximum Gasteiger partial charge on any atom is 0.222 e. The number of aliphatic hydroxyl groups is 1. The summed E-state index contributed by atoms with van der Waals surface area (Å²) in [7, 11) is 1.68. The molecule has 2 N–H and O–H groups in total. The van der Waals surface area contributed by atoms with E-state index in [1.807, 2.05) is 12.1 Å². The molecule has 0 bridgehead atoms. The van der Waals surface area contributed by atoms with Crippen molar-refractivity contribution < 1.29 is 14.6 Å². The number of hydrogen-bond acceptors (Lipinski definition) is 3. The number of amides is 1. The quantitative estimate of drug-likeness (QED) is 0.791. The fourth-order valence-corrected chi connectivity index (χ4v) is 1.93. The molecule has 0 unspecified atom stereocenters. The number of ether oxygens (including phenoxy) is 1. The fourth-order valence-electron chi connectivity index (χ4n) is 1.93. The van der Waals surface area contributed by atoms with Crippen LogP contribution in [0.3, 0.4) is 0 Å². The van der Waals surface area contributed by atoms with Gasteiger partial charge in [0.2, 0.25) is 5.91 Å². The average molecular weight is 265 g/mol. The molecule has 0 spiro atoms. The molecule has 1 aromatic rings. The van der Waals surface area contributed by atoms with Gasteiger partial charge in [-0.15, -0.1) is 0 Å². The summed E-state index contributed by atoms with van der Waals surface area (Å²) in [6.45, 7) is 4.74. The maximum absolute atomic E-state index is 11.2. The number of carbonyl (C=O) groups is 1. The van der Waals surface area contributed by atoms with Crippen LogP contribution in [0.15, 0.2) is 18.2 Å². The Labute approximate surface area is 114 Å². The molecule has 0 aliphatic heterocycles. The number of methoxy groups -OCH3 is 1. The number of aliphatic hydroxyl groups excluding tert-OH is 1. The molecular formula is C15H23NO3. The van der Waals surface area contributed by atoms with Crippen LogP contribution in [0.25, 0.3) is 0 Å². The number of nitrogens with one attached hydrogen (secondary N) is 1. The Morgan fingerprint density at radius 2 is 2.16 bits per heavy atom. The molecule has 0 fully saturated rings. The molecule has 0 aliphatic rings. The van der Waals surface area contributed by atoms with E-state index in [1.54, 1.807) is 7.11 Å². The lowest BCUT2D eigenvalue weighted by atomic mass is 9.98. The zero-order valence-corrected chi connectivity index (χ0v) is 11.9. The normalized spacial score (nSPS) is 10.6. The molecule has 1 amide bonds. The van der Waals surface area contributed by atoms with Crippen molar-refractivity contribution in [3.8, 4) is 5.75 Å². The number of rotatable bonds is 7. The van der Waals surface area contributed by atoms with Gasteiger partial charge >= 0.3 is 0 Å². The minimum atomic E-state index is -0.111. The Morgan fingerprint density at radius 1 is 1.42 bits per heavy atom. The smallest absolute Gasteiger partial charge is 0.222 e. The van der Waals surface area contributed by atoms with Crippen LogP contribution in [0.4, 0.5) is 0 Å². The number of carbonyl (C=O) groups excluding carboxylic acids is 1. The van der Waals surface area contributed by atoms with Crippen LogP contribution < -0.4 is 10.1 Å². The van der Waals surface area contributed by atoms with Gasteiger partial charge in [0.05, 0.1) is 13.7 Å². The van der Waals surface area contributed by atoms with E-state index in [9.17, 15) is 4.79 Å². The van der Waals surface area contributed by atoms with Crippen LogP contribution in [0.2, 0.25) is 0 Å². The summed E-state index contributed by atoms with van der Waals surface area (Å²) < 4.78 is 5.34. The predicted molar refractivity (Wildman–Crippen MR) is 75.5 cm³/mol. The highest BCUT2D eigenvalue weighted by atomic mass is 16.5. The summed E-state index contributed by atoms with van der Waals surface area (Å²) in [6, 6.07) is 6.12. The molecular weight excluding hydrogens is 242 g/mol. The highest BCUT2D eigenvalue weighted by Crippen LogP contribution is 2.27. The second kappa shape index (κ2) is 7.79. The van der Waals surface area contributed by atoms with Gasteiger partial charge in [0.25, 0.3) is 0 Å². The number of benzene rings is 1. The van der Waals surface area contributed by atoms with Crippen molar-refractivity contribution in [2.75, 3.05) is 20.3 Å². The predicted octanol–water partition coefficient (Wildman–Crippen LogP) is 1.86. The Balaban J connectivity index is 2.59. The molecule has 19 heavy (non-hydrogen) atoms. The minimum absolute atomic E-state index is 0.105. The zero-order chi connectivity index (χ0) is 14.3. The average Bonchev–Trinajstić information content (AvgIpc) is 2.38. The second-order valence-electron chi connectivity index (χ2n) is 4.80. The second-order valence-corrected chi connectivity index (χ2v) is 4.80. The molecule has 1 rings (SSSR count). The van der Waals surface area contributed by atoms with Crippen molar-refractivity contribution in [3.05, 3.63) is 29.3 Å². The van der Waals surface area contributed by atoms with Gasteiger partial charge in [-0.3, -0.25) is 4.79 Å². The lowest BCUT2D eigenvalue weighted by Gasteiger charge is -2.13. The molecule has 106 valence electrons. The molecule has 0 heterocycles. The van der Waals surface area contributed by atoms with Crippen molar-refractivity contribution in [1.82, 2.24) is 5.32 Å². The van der Waals surface area contributed by atoms with Gasteiger partial charge in [-0.05, 0) is 29.5 Å². The third kappa shape index (κ3) is 4.91. The monoisotopic (exact) mass is 265 g/mol. The van der Waals surface area contributed by atoms with Crippen molar-refractivity contribution in [2.45, 2.75) is 32.6 Å². The van der Waals surface area contributed by atoms with E-state index in [0.29, 0.717) is 12.5 Å². The van der Waals surface area contributed by atoms with Crippen molar-refractivity contribution in [2.24, 2.45) is 0 Å². The third-order valence-electron chi connectivity index (χ3n) is 2.99. The van der Waals surface area contributed by atoms with E-state index in [0.717, 1.165) is 12.2 Å². The fraction of sp³-hybridized carbons (Fsp3) is 0.533. The molecule has 4 heteroatoms. The van der Waals surface area contributed by atoms with E-state index in [-0.39, 0.29) is 18.9 Å². The van der Waals surface area contributed by atoms with Crippen molar-refractivity contribution in [3.63, 3.8) is 0 Å². The first-order valence-corrected chi connectivity index (χ1v) is 6.62. The van der Waals surface area contributed by atoms with Crippen LogP contribution in [-0.4, -0.2) is 31.3 Å². The Hall–Kier alpha value is -1.55. The summed E-state index contributed by atoms with van der Waals surface area (Å²) in [5.41, 5.74) is 2.36. The molecule has 1 aromatic carbocycles. The maximum atomic E-state index is 11.2. The molecule has 0 atom stereocenters. The summed E-state index contributed by atoms with van der Waals surface area (Å²) >= 11 is 0. The summed E-state index contributed by atoms with van der Waals surface area (Å²) in [5, 5.41) is 11.4. The van der Waals surface area contributed by atoms with E-state index in [4.69, 9.17) is 9.84 Å². The van der Waals surface area contributed by atoms with E-state index in [2.05, 4.69) is 25.2 Å². The zero-order valence-electron chi connectivity index (χ0n) is 11.9. The molecule has 0 aromatic heterocycles. The third-order valence-corrected chi connectivity index (χ3v) is 2.99. The first-order chi connectivity index (χ1) is 9.08. The van der Waals surface area contributed by atoms with Crippen LogP contribution in [-0.2, 0) is 11.2 Å². The van der Waals surface area contributed by atoms with Gasteiger partial charge in [-0.2, -0.15) is 0 Å². The molecule has 0 saturated carbocycles. The van der Waals surface area contributed by atoms with Gasteiger partial charge in [0, 0.05) is 13.0 Å². The summed E-state index contributed by atoms with van der Waals surface area (Å²) in [5.74, 6) is 1.20. The van der Waals surface area contributed by atoms with Crippen molar-refractivity contribution in [1.29, 1.82) is 0 Å². The SMILES string of the molecule is COc1ccc(CCNC(=O)CCO)cc1C(C)C. The highest BCUT2D eigenvalue weighted by molar-refractivity contribution is 5.75. The van der Waals surface area contributed by atoms with E-state index >= 15 is 0 Å². The first-order valence-electron chi connectivity index (χ1n) is 6.62. The van der Waals surface area contributed by atoms with Gasteiger partial charge in [-0.1, -0.05) is 26.0 Å². The highest BCUT2D eigenvalue weighted by Gasteiger charge is 2.08. The van der Waals surface area contributed by atoms with Gasteiger partial charge in [0.15, 0.2) is 0 Å². The molecule has 0 radical (unpaired) electrons. The topological polar surface area (TPSA) is 58.6 Å². The lowest BCUT2D eigenvalue weighted by molar-refractivity contribution is -0.121. The van der Waals surface area contributed by atoms with Crippen molar-refractivity contribution >= 4 is 5.91 Å². The Bertz CT molecular complexity index is 416. The van der Waals surface area contributed by atoms with Crippen LogP contribution in [0.1, 0.15) is 37.3 Å². The minimum Gasteiger partial charge on any atom is -0.496 e. The molecule has 0 aliphatic carbocycles. The Kier molecular flexibility index (Phi) is 6.36. The summed E-state index contributed by atoms with van der Waals surface area (Å²) in [4.78, 5) is 11.2. The van der Waals surface area contributed by atoms with Gasteiger partial charge in [-0.25, -0.2) is 0 Å². The molecule has 0 saturated heterocycles. The van der Waals surface area contributed by atoms with Gasteiger partial charge < -0.3 is 15.2 Å². The standard InChI is InChI=1S/C15H23NO3/c1-11(2)13-10-12(4-5-14(13)19-3)6-8-16-15(18)7-9-17/h4-5,10-11,17H,6-9H2,1-3H3,(H,16,18). The number of hydrogen-bond donors (Lipinski definition) is 2. The van der Waals surface area contributed by atoms with Crippen LogP contribution >= 0.6 is 0 Å². The summed E-state index contributed by atoms with van der Waals surface area (Å²) in [6.07, 6.45) is 0.945. The van der Waals surface area contributed by atoms with E-state index < -0.39 is 0 Å².